The summed E-state index contributed by atoms with van der Waals surface area (Å²) < 4.78 is 5.91. The van der Waals surface area contributed by atoms with Crippen molar-refractivity contribution in [3.63, 3.8) is 0 Å². The van der Waals surface area contributed by atoms with Crippen molar-refractivity contribution in [1.29, 1.82) is 0 Å². The van der Waals surface area contributed by atoms with Crippen LogP contribution >= 0.6 is 11.8 Å². The minimum atomic E-state index is -0.690. The lowest BCUT2D eigenvalue weighted by molar-refractivity contribution is -0.125. The van der Waals surface area contributed by atoms with Crippen LogP contribution in [-0.4, -0.2) is 80.1 Å². The van der Waals surface area contributed by atoms with Gasteiger partial charge in [0, 0.05) is 73.5 Å². The third kappa shape index (κ3) is 5.88. The molecule has 7 nitrogen and oxygen atoms in total. The molecule has 1 N–H and O–H groups in total. The summed E-state index contributed by atoms with van der Waals surface area (Å²) >= 11 is 1.77. The molecule has 4 aliphatic rings. The summed E-state index contributed by atoms with van der Waals surface area (Å²) in [5.74, 6) is 0.246. The second-order valence-electron chi connectivity index (χ2n) is 12.8. The van der Waals surface area contributed by atoms with Crippen molar-refractivity contribution >= 4 is 29.3 Å². The van der Waals surface area contributed by atoms with E-state index in [4.69, 9.17) is 4.74 Å². The lowest BCUT2D eigenvalue weighted by Crippen LogP contribution is -2.49. The fraction of sp³-hybridized carbons (Fsp3) is 0.459. The Balaban J connectivity index is 0.991. The molecule has 0 aliphatic carbocycles. The monoisotopic (exact) mass is 624 g/mol. The summed E-state index contributed by atoms with van der Waals surface area (Å²) in [6.07, 6.45) is 5.22. The number of benzene rings is 3. The van der Waals surface area contributed by atoms with Gasteiger partial charge in [-0.3, -0.25) is 14.5 Å². The van der Waals surface area contributed by atoms with E-state index in [2.05, 4.69) is 81.8 Å². The van der Waals surface area contributed by atoms with Gasteiger partial charge in [-0.2, -0.15) is 0 Å². The number of carbonyl (C=O) groups is 2. The summed E-state index contributed by atoms with van der Waals surface area (Å²) in [6.45, 7) is 9.54. The Bertz CT molecular complexity index is 1500. The van der Waals surface area contributed by atoms with Gasteiger partial charge in [-0.15, -0.1) is 0 Å². The van der Waals surface area contributed by atoms with E-state index >= 15 is 0 Å². The highest BCUT2D eigenvalue weighted by atomic mass is 32.2. The van der Waals surface area contributed by atoms with Crippen LogP contribution in [0.3, 0.4) is 0 Å². The molecule has 236 valence electrons. The highest BCUT2D eigenvalue weighted by Gasteiger charge is 2.46. The Labute approximate surface area is 271 Å². The van der Waals surface area contributed by atoms with E-state index in [1.807, 2.05) is 11.8 Å². The molecule has 0 spiro atoms. The summed E-state index contributed by atoms with van der Waals surface area (Å²) in [5.41, 5.74) is 4.68. The number of hydrogen-bond acceptors (Lipinski definition) is 6. The Morgan fingerprint density at radius 3 is 2.40 bits per heavy atom. The first-order valence-electron chi connectivity index (χ1n) is 16.7. The molecule has 1 unspecified atom stereocenters. The van der Waals surface area contributed by atoms with Gasteiger partial charge in [0.25, 0.3) is 5.91 Å². The number of ether oxygens (including phenoxy) is 1. The van der Waals surface area contributed by atoms with E-state index in [0.29, 0.717) is 19.6 Å². The Morgan fingerprint density at radius 1 is 0.978 bits per heavy atom. The van der Waals surface area contributed by atoms with E-state index in [9.17, 15) is 9.59 Å². The molecule has 7 rings (SSSR count). The number of carbonyl (C=O) groups excluding carboxylic acids is 2. The van der Waals surface area contributed by atoms with Crippen molar-refractivity contribution < 1.29 is 14.3 Å². The molecule has 2 amide bonds. The third-order valence-electron chi connectivity index (χ3n) is 10.1. The highest BCUT2D eigenvalue weighted by Crippen LogP contribution is 2.51. The quantitative estimate of drug-likeness (QED) is 0.330. The topological polar surface area (TPSA) is 65.1 Å². The van der Waals surface area contributed by atoms with Crippen LogP contribution in [0.25, 0.3) is 0 Å². The second kappa shape index (κ2) is 13.2. The van der Waals surface area contributed by atoms with Crippen molar-refractivity contribution in [2.45, 2.75) is 66.9 Å². The van der Waals surface area contributed by atoms with Gasteiger partial charge in [0.2, 0.25) is 5.91 Å². The van der Waals surface area contributed by atoms with Crippen LogP contribution < -0.4 is 10.2 Å². The molecule has 4 heterocycles. The highest BCUT2D eigenvalue weighted by molar-refractivity contribution is 7.99. The first-order valence-corrected chi connectivity index (χ1v) is 17.5. The average molecular weight is 625 g/mol. The van der Waals surface area contributed by atoms with Gasteiger partial charge < -0.3 is 19.9 Å². The maximum absolute atomic E-state index is 14.0. The van der Waals surface area contributed by atoms with Crippen LogP contribution in [-0.2, 0) is 21.5 Å². The van der Waals surface area contributed by atoms with E-state index in [1.165, 1.54) is 16.2 Å². The van der Waals surface area contributed by atoms with Crippen LogP contribution in [0, 0.1) is 0 Å². The van der Waals surface area contributed by atoms with Gasteiger partial charge >= 0.3 is 0 Å². The molecule has 2 fully saturated rings. The number of piperazine rings is 1. The zero-order valence-corrected chi connectivity index (χ0v) is 27.1. The molecule has 0 bridgehead atoms. The molecule has 1 atom stereocenters. The van der Waals surface area contributed by atoms with E-state index in [0.717, 1.165) is 93.0 Å². The summed E-state index contributed by atoms with van der Waals surface area (Å²) in [5, 5.41) is 3.19. The fourth-order valence-corrected chi connectivity index (χ4v) is 8.94. The first-order chi connectivity index (χ1) is 22.1. The van der Waals surface area contributed by atoms with Gasteiger partial charge in [0.1, 0.15) is 5.41 Å². The van der Waals surface area contributed by atoms with Crippen molar-refractivity contribution in [3.05, 3.63) is 89.0 Å². The van der Waals surface area contributed by atoms with Crippen molar-refractivity contribution in [3.8, 4) is 0 Å². The number of nitrogens with zero attached hydrogens (tertiary/aromatic N) is 3. The minimum Gasteiger partial charge on any atom is -0.376 e. The number of fused-ring (bicyclic) bond motifs is 3. The minimum absolute atomic E-state index is 0.103. The number of anilines is 1. The molecule has 2 saturated heterocycles. The predicted octanol–water partition coefficient (Wildman–Crippen LogP) is 5.70. The molecule has 8 heteroatoms. The zero-order chi connectivity index (χ0) is 30.8. The fourth-order valence-electron chi connectivity index (χ4n) is 7.71. The molecular formula is C37H44N4O3S. The normalized spacial score (nSPS) is 20.8. The molecule has 0 aromatic heterocycles. The number of rotatable bonds is 9. The van der Waals surface area contributed by atoms with Crippen LogP contribution in [0.2, 0.25) is 0 Å². The zero-order valence-electron chi connectivity index (χ0n) is 26.3. The SMILES string of the molecule is CCNC(=O)C1(CCCN2CCN(c3ccc4c(c3)C(=O)N(CC3CCCCO3)C4)CC2)c2ccccc2Sc2ccccc21. The number of hydrogen-bond donors (Lipinski definition) is 1. The molecule has 45 heavy (non-hydrogen) atoms. The summed E-state index contributed by atoms with van der Waals surface area (Å²) in [4.78, 5) is 36.5. The number of nitrogens with one attached hydrogen (secondary N) is 1. The lowest BCUT2D eigenvalue weighted by Gasteiger charge is -2.40. The molecule has 0 radical (unpaired) electrons. The summed E-state index contributed by atoms with van der Waals surface area (Å²) in [6, 6.07) is 23.3. The maximum atomic E-state index is 14.0. The molecule has 3 aromatic carbocycles. The Hall–Kier alpha value is -3.33. The smallest absolute Gasteiger partial charge is 0.254 e. The molecule has 3 aromatic rings. The first kappa shape index (κ1) is 30.3. The van der Waals surface area contributed by atoms with E-state index in [-0.39, 0.29) is 17.9 Å². The van der Waals surface area contributed by atoms with E-state index in [1.54, 1.807) is 11.8 Å². The van der Waals surface area contributed by atoms with Crippen molar-refractivity contribution in [1.82, 2.24) is 15.1 Å². The second-order valence-corrected chi connectivity index (χ2v) is 13.9. The third-order valence-corrected chi connectivity index (χ3v) is 11.2. The predicted molar refractivity (Wildman–Crippen MR) is 179 cm³/mol. The number of amides is 2. The van der Waals surface area contributed by atoms with Crippen LogP contribution in [0.5, 0.6) is 0 Å². The molecule has 4 aliphatic heterocycles. The van der Waals surface area contributed by atoms with Crippen molar-refractivity contribution in [2.75, 3.05) is 57.3 Å². The Kier molecular flexibility index (Phi) is 8.89. The van der Waals surface area contributed by atoms with Crippen molar-refractivity contribution in [2.24, 2.45) is 0 Å². The largest absolute Gasteiger partial charge is 0.376 e. The van der Waals surface area contributed by atoms with Gasteiger partial charge in [-0.05, 0) is 86.5 Å². The number of likely N-dealkylation sites (N-methyl/N-ethyl adjacent to an activating group) is 1. The summed E-state index contributed by atoms with van der Waals surface area (Å²) in [7, 11) is 0. The van der Waals surface area contributed by atoms with Gasteiger partial charge in [-0.1, -0.05) is 54.2 Å². The van der Waals surface area contributed by atoms with Gasteiger partial charge in [-0.25, -0.2) is 0 Å². The van der Waals surface area contributed by atoms with Gasteiger partial charge in [0.15, 0.2) is 0 Å². The van der Waals surface area contributed by atoms with Crippen LogP contribution in [0.1, 0.15) is 66.1 Å². The van der Waals surface area contributed by atoms with Gasteiger partial charge in [0.05, 0.1) is 6.10 Å². The standard InChI is InChI=1S/C37H44N4O3S/c1-2-38-36(43)37(31-11-3-5-13-33(31)45-34-14-6-4-12-32(34)37)17-9-18-39-19-21-40(22-20-39)28-16-15-27-25-41(35(42)30(27)24-28)26-29-10-7-8-23-44-29/h3-6,11-16,24,29H,2,7-10,17-23,25-26H2,1H3,(H,38,43). The molecule has 0 saturated carbocycles. The van der Waals surface area contributed by atoms with Crippen LogP contribution in [0.4, 0.5) is 5.69 Å². The lowest BCUT2D eigenvalue weighted by atomic mass is 9.70. The van der Waals surface area contributed by atoms with E-state index < -0.39 is 5.41 Å². The maximum Gasteiger partial charge on any atom is 0.254 e. The molecular weight excluding hydrogens is 580 g/mol. The Morgan fingerprint density at radius 2 is 1.71 bits per heavy atom. The average Bonchev–Trinajstić information content (AvgIpc) is 3.39. The van der Waals surface area contributed by atoms with Crippen LogP contribution in [0.15, 0.2) is 76.5 Å².